The molecule has 4 heteroatoms. The molecule has 106 valence electrons. The van der Waals surface area contributed by atoms with E-state index in [9.17, 15) is 10.2 Å². The number of aromatic nitrogens is 1. The summed E-state index contributed by atoms with van der Waals surface area (Å²) in [5, 5.41) is 23.9. The molecule has 1 aromatic heterocycles. The van der Waals surface area contributed by atoms with Crippen molar-refractivity contribution in [3.8, 4) is 11.5 Å². The summed E-state index contributed by atoms with van der Waals surface area (Å²) in [4.78, 5) is 4.32. The Morgan fingerprint density at radius 1 is 1.05 bits per heavy atom. The molecule has 4 nitrogen and oxygen atoms in total. The Bertz CT molecular complexity index is 781. The van der Waals surface area contributed by atoms with Crippen molar-refractivity contribution in [2.45, 2.75) is 13.0 Å². The predicted molar refractivity (Wildman–Crippen MR) is 83.6 cm³/mol. The van der Waals surface area contributed by atoms with Gasteiger partial charge in [0.25, 0.3) is 0 Å². The van der Waals surface area contributed by atoms with Crippen molar-refractivity contribution >= 4 is 16.6 Å². The van der Waals surface area contributed by atoms with Crippen molar-refractivity contribution in [2.24, 2.45) is 0 Å². The molecule has 0 saturated heterocycles. The number of phenolic OH excluding ortho intramolecular Hbond substituents is 2. The van der Waals surface area contributed by atoms with Crippen LogP contribution in [-0.2, 0) is 0 Å². The normalized spacial score (nSPS) is 12.2. The molecule has 3 aromatic rings. The number of nitrogens with zero attached hydrogens (tertiary/aromatic N) is 1. The van der Waals surface area contributed by atoms with Gasteiger partial charge in [-0.15, -0.1) is 0 Å². The maximum Gasteiger partial charge on any atom is 0.121 e. The second-order valence-electron chi connectivity index (χ2n) is 4.98. The van der Waals surface area contributed by atoms with E-state index in [2.05, 4.69) is 10.3 Å². The Hall–Kier alpha value is -2.75. The van der Waals surface area contributed by atoms with Crippen LogP contribution in [0.25, 0.3) is 10.9 Å². The van der Waals surface area contributed by atoms with E-state index < -0.39 is 0 Å². The predicted octanol–water partition coefficient (Wildman–Crippen LogP) is 3.82. The zero-order chi connectivity index (χ0) is 14.8. The molecule has 3 rings (SSSR count). The minimum Gasteiger partial charge on any atom is -0.508 e. The number of hydrogen-bond acceptors (Lipinski definition) is 4. The van der Waals surface area contributed by atoms with E-state index in [1.54, 1.807) is 12.3 Å². The number of anilines is 1. The Balaban J connectivity index is 1.96. The molecule has 0 aliphatic carbocycles. The summed E-state index contributed by atoms with van der Waals surface area (Å²) in [6.45, 7) is 1.93. The van der Waals surface area contributed by atoms with E-state index in [1.165, 1.54) is 12.1 Å². The highest BCUT2D eigenvalue weighted by molar-refractivity contribution is 5.91. The Labute approximate surface area is 122 Å². The van der Waals surface area contributed by atoms with Crippen molar-refractivity contribution in [3.63, 3.8) is 0 Å². The minimum atomic E-state index is -0.150. The lowest BCUT2D eigenvalue weighted by molar-refractivity contribution is 0.451. The van der Waals surface area contributed by atoms with Gasteiger partial charge in [-0.2, -0.15) is 0 Å². The summed E-state index contributed by atoms with van der Waals surface area (Å²) >= 11 is 0. The average Bonchev–Trinajstić information content (AvgIpc) is 2.50. The van der Waals surface area contributed by atoms with Gasteiger partial charge in [0.15, 0.2) is 0 Å². The van der Waals surface area contributed by atoms with E-state index in [1.807, 2.05) is 37.3 Å². The van der Waals surface area contributed by atoms with Crippen molar-refractivity contribution in [1.82, 2.24) is 4.98 Å². The van der Waals surface area contributed by atoms with E-state index >= 15 is 0 Å². The smallest absolute Gasteiger partial charge is 0.121 e. The van der Waals surface area contributed by atoms with Crippen LogP contribution in [0, 0.1) is 0 Å². The summed E-state index contributed by atoms with van der Waals surface area (Å²) < 4.78 is 0. The van der Waals surface area contributed by atoms with Gasteiger partial charge in [0.2, 0.25) is 0 Å². The first-order valence-electron chi connectivity index (χ1n) is 6.77. The topological polar surface area (TPSA) is 65.4 Å². The largest absolute Gasteiger partial charge is 0.508 e. The van der Waals surface area contributed by atoms with Gasteiger partial charge in [-0.1, -0.05) is 6.07 Å². The van der Waals surface area contributed by atoms with Crippen LogP contribution in [0.4, 0.5) is 5.69 Å². The van der Waals surface area contributed by atoms with Crippen LogP contribution in [0.1, 0.15) is 18.5 Å². The third-order valence-corrected chi connectivity index (χ3v) is 3.50. The number of aromatic hydroxyl groups is 2. The molecule has 0 fully saturated rings. The average molecular weight is 280 g/mol. The van der Waals surface area contributed by atoms with Crippen molar-refractivity contribution < 1.29 is 10.2 Å². The molecule has 0 amide bonds. The van der Waals surface area contributed by atoms with Crippen LogP contribution in [0.5, 0.6) is 11.5 Å². The summed E-state index contributed by atoms with van der Waals surface area (Å²) in [6.07, 6.45) is 1.76. The Kier molecular flexibility index (Phi) is 3.36. The molecule has 0 saturated carbocycles. The highest BCUT2D eigenvalue weighted by atomic mass is 16.3. The number of fused-ring (bicyclic) bond motifs is 1. The van der Waals surface area contributed by atoms with Gasteiger partial charge in [0, 0.05) is 22.8 Å². The third-order valence-electron chi connectivity index (χ3n) is 3.50. The first kappa shape index (κ1) is 13.2. The molecule has 0 aliphatic heterocycles. The van der Waals surface area contributed by atoms with Crippen molar-refractivity contribution in [3.05, 3.63) is 60.3 Å². The van der Waals surface area contributed by atoms with Crippen LogP contribution < -0.4 is 5.32 Å². The van der Waals surface area contributed by atoms with Crippen molar-refractivity contribution in [1.29, 1.82) is 0 Å². The van der Waals surface area contributed by atoms with Crippen LogP contribution in [-0.4, -0.2) is 15.2 Å². The van der Waals surface area contributed by atoms with E-state index in [0.29, 0.717) is 5.56 Å². The molecule has 0 spiro atoms. The zero-order valence-electron chi connectivity index (χ0n) is 11.6. The maximum atomic E-state index is 9.93. The number of benzene rings is 2. The van der Waals surface area contributed by atoms with Gasteiger partial charge in [-0.3, -0.25) is 4.98 Å². The number of rotatable bonds is 3. The van der Waals surface area contributed by atoms with Gasteiger partial charge in [-0.05, 0) is 49.4 Å². The number of phenols is 2. The minimum absolute atomic E-state index is 0.135. The third kappa shape index (κ3) is 2.60. The highest BCUT2D eigenvalue weighted by Gasteiger charge is 2.12. The van der Waals surface area contributed by atoms with Crippen LogP contribution in [0.2, 0.25) is 0 Å². The lowest BCUT2D eigenvalue weighted by Crippen LogP contribution is -2.07. The van der Waals surface area contributed by atoms with Crippen LogP contribution >= 0.6 is 0 Å². The second-order valence-corrected chi connectivity index (χ2v) is 4.98. The summed E-state index contributed by atoms with van der Waals surface area (Å²) in [5.74, 6) is 0.294. The molecule has 1 atom stereocenters. The quantitative estimate of drug-likeness (QED) is 0.638. The van der Waals surface area contributed by atoms with Crippen LogP contribution in [0.15, 0.2) is 54.7 Å². The highest BCUT2D eigenvalue weighted by Crippen LogP contribution is 2.31. The van der Waals surface area contributed by atoms with Gasteiger partial charge in [0.1, 0.15) is 11.5 Å². The molecular formula is C17H16N2O2. The first-order valence-corrected chi connectivity index (χ1v) is 6.77. The Morgan fingerprint density at radius 2 is 1.90 bits per heavy atom. The van der Waals surface area contributed by atoms with Crippen molar-refractivity contribution in [2.75, 3.05) is 5.32 Å². The lowest BCUT2D eigenvalue weighted by Gasteiger charge is -2.18. The monoisotopic (exact) mass is 280 g/mol. The molecule has 0 aliphatic rings. The molecule has 1 unspecified atom stereocenters. The fourth-order valence-corrected chi connectivity index (χ4v) is 2.43. The SMILES string of the molecule is CC(Nc1cccc2ncccc12)c1cc(O)ccc1O. The van der Waals surface area contributed by atoms with Gasteiger partial charge < -0.3 is 15.5 Å². The maximum absolute atomic E-state index is 9.93. The van der Waals surface area contributed by atoms with E-state index in [0.717, 1.165) is 16.6 Å². The van der Waals surface area contributed by atoms with Gasteiger partial charge in [0.05, 0.1) is 11.6 Å². The van der Waals surface area contributed by atoms with E-state index in [-0.39, 0.29) is 17.5 Å². The fraction of sp³-hybridized carbons (Fsp3) is 0.118. The molecule has 1 heterocycles. The molecule has 0 bridgehead atoms. The van der Waals surface area contributed by atoms with E-state index in [4.69, 9.17) is 0 Å². The summed E-state index contributed by atoms with van der Waals surface area (Å²) in [5.41, 5.74) is 2.50. The van der Waals surface area contributed by atoms with Gasteiger partial charge in [-0.25, -0.2) is 0 Å². The molecule has 21 heavy (non-hydrogen) atoms. The number of hydrogen-bond donors (Lipinski definition) is 3. The number of pyridine rings is 1. The molecule has 3 N–H and O–H groups in total. The molecule has 0 radical (unpaired) electrons. The lowest BCUT2D eigenvalue weighted by atomic mass is 10.1. The molecule has 2 aromatic carbocycles. The zero-order valence-corrected chi connectivity index (χ0v) is 11.6. The number of nitrogens with one attached hydrogen (secondary N) is 1. The van der Waals surface area contributed by atoms with Gasteiger partial charge >= 0.3 is 0 Å². The molecular weight excluding hydrogens is 264 g/mol. The Morgan fingerprint density at radius 3 is 2.76 bits per heavy atom. The van der Waals surface area contributed by atoms with Crippen LogP contribution in [0.3, 0.4) is 0 Å². The standard InChI is InChI=1S/C17H16N2O2/c1-11(14-10-12(20)7-8-17(14)21)19-16-6-2-5-15-13(16)4-3-9-18-15/h2-11,19-21H,1H3. The summed E-state index contributed by atoms with van der Waals surface area (Å²) in [7, 11) is 0. The first-order chi connectivity index (χ1) is 10.1. The fourth-order valence-electron chi connectivity index (χ4n) is 2.43. The summed E-state index contributed by atoms with van der Waals surface area (Å²) in [6, 6.07) is 14.1. The second kappa shape index (κ2) is 5.32.